The highest BCUT2D eigenvalue weighted by Crippen LogP contribution is 2.33. The number of pyridine rings is 1. The summed E-state index contributed by atoms with van der Waals surface area (Å²) < 4.78 is 17.0. The van der Waals surface area contributed by atoms with Crippen molar-refractivity contribution in [1.82, 2.24) is 19.9 Å². The third-order valence-corrected chi connectivity index (χ3v) is 7.27. The maximum atomic E-state index is 12.7. The molecular formula is C32H35ClN6O4. The molecule has 2 amide bonds. The quantitative estimate of drug-likeness (QED) is 0.185. The molecule has 10 nitrogen and oxygen atoms in total. The van der Waals surface area contributed by atoms with Crippen molar-refractivity contribution in [3.05, 3.63) is 83.4 Å². The number of nitrogens with one attached hydrogen (secondary N) is 2. The highest BCUT2D eigenvalue weighted by atomic mass is 35.5. The number of aryl methyl sites for hydroxylation is 2. The van der Waals surface area contributed by atoms with Crippen LogP contribution in [0.4, 0.5) is 16.2 Å². The summed E-state index contributed by atoms with van der Waals surface area (Å²) in [6, 6.07) is 15.6. The lowest BCUT2D eigenvalue weighted by Crippen LogP contribution is -2.36. The molecular weight excluding hydrogens is 568 g/mol. The van der Waals surface area contributed by atoms with Crippen molar-refractivity contribution < 1.29 is 19.0 Å². The van der Waals surface area contributed by atoms with Crippen molar-refractivity contribution in [2.24, 2.45) is 0 Å². The summed E-state index contributed by atoms with van der Waals surface area (Å²) in [7, 11) is 1.53. The number of rotatable bonds is 11. The smallest absolute Gasteiger partial charge is 0.323 e. The standard InChI is InChI=1S/C32H35ClN6O4/c1-22-20-24(36-32(40)38-27-21-23(33)8-10-29(27)41-2)9-11-28(22)43-31-25(6-5-13-35-31)26-12-14-34-30(37-26)7-3-4-15-39-16-18-42-19-17-39/h5-6,8-14,20-21H,3-4,7,15-19H2,1-2H3,(H2,36,38,40). The average Bonchev–Trinajstić information content (AvgIpc) is 3.02. The Morgan fingerprint density at radius 1 is 1.00 bits per heavy atom. The topological polar surface area (TPSA) is 111 Å². The third-order valence-electron chi connectivity index (χ3n) is 7.03. The van der Waals surface area contributed by atoms with Gasteiger partial charge in [-0.15, -0.1) is 0 Å². The number of urea groups is 1. The van der Waals surface area contributed by atoms with Gasteiger partial charge in [-0.1, -0.05) is 11.6 Å². The van der Waals surface area contributed by atoms with E-state index in [-0.39, 0.29) is 0 Å². The molecule has 1 aliphatic rings. The highest BCUT2D eigenvalue weighted by Gasteiger charge is 2.14. The highest BCUT2D eigenvalue weighted by molar-refractivity contribution is 6.31. The molecule has 43 heavy (non-hydrogen) atoms. The number of benzene rings is 2. The van der Waals surface area contributed by atoms with E-state index in [1.807, 2.05) is 31.2 Å². The maximum Gasteiger partial charge on any atom is 0.323 e. The number of morpholine rings is 1. The SMILES string of the molecule is COc1ccc(Cl)cc1NC(=O)Nc1ccc(Oc2ncccc2-c2ccnc(CCCCN3CCOCC3)n2)c(C)c1. The van der Waals surface area contributed by atoms with E-state index in [2.05, 4.69) is 25.5 Å². The van der Waals surface area contributed by atoms with Crippen LogP contribution in [0.3, 0.4) is 0 Å². The Hall–Kier alpha value is -4.25. The van der Waals surface area contributed by atoms with Crippen LogP contribution in [0, 0.1) is 6.92 Å². The van der Waals surface area contributed by atoms with E-state index in [4.69, 9.17) is 30.8 Å². The lowest BCUT2D eigenvalue weighted by Gasteiger charge is -2.26. The molecule has 3 heterocycles. The summed E-state index contributed by atoms with van der Waals surface area (Å²) in [5.74, 6) is 2.36. The van der Waals surface area contributed by atoms with Crippen LogP contribution in [0.5, 0.6) is 17.4 Å². The first-order chi connectivity index (χ1) is 21.0. The third kappa shape index (κ3) is 8.41. The van der Waals surface area contributed by atoms with Crippen LogP contribution in [0.15, 0.2) is 67.0 Å². The molecule has 4 aromatic rings. The van der Waals surface area contributed by atoms with E-state index in [0.717, 1.165) is 74.8 Å². The van der Waals surface area contributed by atoms with Gasteiger partial charge in [0.25, 0.3) is 0 Å². The van der Waals surface area contributed by atoms with Crippen LogP contribution in [-0.2, 0) is 11.2 Å². The van der Waals surface area contributed by atoms with E-state index >= 15 is 0 Å². The first-order valence-corrected chi connectivity index (χ1v) is 14.6. The number of aromatic nitrogens is 3. The Morgan fingerprint density at radius 3 is 2.65 bits per heavy atom. The van der Waals surface area contributed by atoms with E-state index in [0.29, 0.717) is 33.8 Å². The fourth-order valence-electron chi connectivity index (χ4n) is 4.79. The van der Waals surface area contributed by atoms with Gasteiger partial charge in [0.15, 0.2) is 0 Å². The van der Waals surface area contributed by atoms with Crippen LogP contribution in [0.25, 0.3) is 11.3 Å². The molecule has 0 radical (unpaired) electrons. The zero-order chi connectivity index (χ0) is 30.0. The van der Waals surface area contributed by atoms with Gasteiger partial charge in [-0.2, -0.15) is 0 Å². The number of hydrogen-bond donors (Lipinski definition) is 2. The first kappa shape index (κ1) is 30.2. The van der Waals surface area contributed by atoms with Gasteiger partial charge >= 0.3 is 6.03 Å². The summed E-state index contributed by atoms with van der Waals surface area (Å²) in [6.07, 6.45) is 6.38. The maximum absolute atomic E-state index is 12.7. The summed E-state index contributed by atoms with van der Waals surface area (Å²) in [5.41, 5.74) is 3.41. The summed E-state index contributed by atoms with van der Waals surface area (Å²) in [6.45, 7) is 6.62. The van der Waals surface area contributed by atoms with Crippen LogP contribution in [0.1, 0.15) is 24.2 Å². The minimum absolute atomic E-state index is 0.429. The molecule has 1 fully saturated rings. The summed E-state index contributed by atoms with van der Waals surface area (Å²) >= 11 is 6.07. The predicted molar refractivity (Wildman–Crippen MR) is 167 cm³/mol. The zero-order valence-electron chi connectivity index (χ0n) is 24.3. The molecule has 0 aliphatic carbocycles. The second kappa shape index (κ2) is 14.8. The average molecular weight is 603 g/mol. The minimum atomic E-state index is -0.429. The molecule has 0 atom stereocenters. The van der Waals surface area contributed by atoms with Gasteiger partial charge in [0.2, 0.25) is 5.88 Å². The molecule has 0 unspecified atom stereocenters. The Morgan fingerprint density at radius 2 is 1.84 bits per heavy atom. The van der Waals surface area contributed by atoms with Crippen LogP contribution in [0.2, 0.25) is 5.02 Å². The monoisotopic (exact) mass is 602 g/mol. The molecule has 5 rings (SSSR count). The van der Waals surface area contributed by atoms with Gasteiger partial charge in [0.1, 0.15) is 17.3 Å². The Balaban J connectivity index is 1.21. The van der Waals surface area contributed by atoms with E-state index in [9.17, 15) is 4.79 Å². The Labute approximate surface area is 256 Å². The fourth-order valence-corrected chi connectivity index (χ4v) is 4.96. The van der Waals surface area contributed by atoms with Gasteiger partial charge in [-0.25, -0.2) is 19.7 Å². The number of anilines is 2. The Bertz CT molecular complexity index is 1550. The van der Waals surface area contributed by atoms with Crippen molar-refractivity contribution in [2.75, 3.05) is 50.6 Å². The molecule has 0 spiro atoms. The molecule has 0 saturated carbocycles. The van der Waals surface area contributed by atoms with Crippen molar-refractivity contribution in [2.45, 2.75) is 26.2 Å². The molecule has 2 aromatic carbocycles. The lowest BCUT2D eigenvalue weighted by atomic mass is 10.1. The number of carbonyl (C=O) groups is 1. The van der Waals surface area contributed by atoms with E-state index < -0.39 is 6.03 Å². The molecule has 11 heteroatoms. The second-order valence-corrected chi connectivity index (χ2v) is 10.6. The van der Waals surface area contributed by atoms with Gasteiger partial charge in [0, 0.05) is 42.6 Å². The number of amides is 2. The van der Waals surface area contributed by atoms with Crippen molar-refractivity contribution in [3.63, 3.8) is 0 Å². The number of nitrogens with zero attached hydrogens (tertiary/aromatic N) is 4. The normalized spacial score (nSPS) is 13.4. The number of unbranched alkanes of at least 4 members (excludes halogenated alkanes) is 1. The predicted octanol–water partition coefficient (Wildman–Crippen LogP) is 6.60. The second-order valence-electron chi connectivity index (χ2n) is 10.1. The summed E-state index contributed by atoms with van der Waals surface area (Å²) in [5, 5.41) is 6.08. The van der Waals surface area contributed by atoms with Gasteiger partial charge in [-0.05, 0) is 86.5 Å². The molecule has 224 valence electrons. The van der Waals surface area contributed by atoms with Crippen molar-refractivity contribution in [1.29, 1.82) is 0 Å². The van der Waals surface area contributed by atoms with Crippen LogP contribution in [-0.4, -0.2) is 65.8 Å². The fraction of sp³-hybridized carbons (Fsp3) is 0.312. The summed E-state index contributed by atoms with van der Waals surface area (Å²) in [4.78, 5) is 28.9. The number of ether oxygens (including phenoxy) is 3. The van der Waals surface area contributed by atoms with Crippen LogP contribution >= 0.6 is 11.6 Å². The van der Waals surface area contributed by atoms with Gasteiger partial charge in [-0.3, -0.25) is 4.90 Å². The molecule has 2 N–H and O–H groups in total. The minimum Gasteiger partial charge on any atom is -0.495 e. The van der Waals surface area contributed by atoms with Gasteiger partial charge in [0.05, 0.1) is 37.3 Å². The number of halogens is 1. The van der Waals surface area contributed by atoms with Crippen LogP contribution < -0.4 is 20.1 Å². The number of hydrogen-bond acceptors (Lipinski definition) is 8. The molecule has 0 bridgehead atoms. The Kier molecular flexibility index (Phi) is 10.4. The van der Waals surface area contributed by atoms with Crippen molar-refractivity contribution >= 4 is 29.0 Å². The van der Waals surface area contributed by atoms with E-state index in [1.165, 1.54) is 7.11 Å². The van der Waals surface area contributed by atoms with Gasteiger partial charge < -0.3 is 24.8 Å². The number of methoxy groups -OCH3 is 1. The lowest BCUT2D eigenvalue weighted by molar-refractivity contribution is 0.0372. The number of carbonyl (C=O) groups excluding carboxylic acids is 1. The van der Waals surface area contributed by atoms with Crippen molar-refractivity contribution in [3.8, 4) is 28.6 Å². The molecule has 1 saturated heterocycles. The zero-order valence-corrected chi connectivity index (χ0v) is 25.1. The van der Waals surface area contributed by atoms with E-state index in [1.54, 1.807) is 42.7 Å². The molecule has 1 aliphatic heterocycles. The largest absolute Gasteiger partial charge is 0.495 e. The first-order valence-electron chi connectivity index (χ1n) is 14.3. The molecule has 2 aromatic heterocycles.